The minimum absolute atomic E-state index is 0.261. The van der Waals surface area contributed by atoms with Crippen molar-refractivity contribution in [2.75, 3.05) is 14.2 Å². The predicted molar refractivity (Wildman–Crippen MR) is 571 cm³/mol. The van der Waals surface area contributed by atoms with Crippen LogP contribution in [0.1, 0.15) is 22.3 Å². The largest absolute Gasteiger partial charge is 0.497 e. The van der Waals surface area contributed by atoms with Crippen LogP contribution in [0.5, 0.6) is 11.5 Å². The van der Waals surface area contributed by atoms with Crippen molar-refractivity contribution >= 4 is 97.0 Å². The minimum atomic E-state index is -0.261. The molecule has 2 nitrogen and oxygen atoms in total. The quantitative estimate of drug-likeness (QED) is 0.128. The van der Waals surface area contributed by atoms with Crippen LogP contribution < -0.4 is 9.47 Å². The van der Waals surface area contributed by atoms with Crippen molar-refractivity contribution < 1.29 is 18.3 Å². The second-order valence-electron chi connectivity index (χ2n) is 36.7. The van der Waals surface area contributed by atoms with E-state index in [1.807, 2.05) is 24.3 Å². The van der Waals surface area contributed by atoms with E-state index in [0.29, 0.717) is 0 Å². The Morgan fingerprint density at radius 3 is 0.632 bits per heavy atom. The highest BCUT2D eigenvalue weighted by molar-refractivity contribution is 6.33. The summed E-state index contributed by atoms with van der Waals surface area (Å²) >= 11 is 0. The second kappa shape index (κ2) is 32.5. The molecule has 0 heterocycles. The minimum Gasteiger partial charge on any atom is -0.497 e. The molecule has 0 spiro atoms. The van der Waals surface area contributed by atoms with Gasteiger partial charge in [0.05, 0.1) is 14.2 Å². The van der Waals surface area contributed by atoms with Crippen molar-refractivity contribution in [3.05, 3.63) is 459 Å². The second-order valence-corrected chi connectivity index (χ2v) is 36.7. The number of rotatable bonds is 11. The lowest BCUT2D eigenvalue weighted by Gasteiger charge is -2.21. The van der Waals surface area contributed by atoms with E-state index in [0.717, 1.165) is 66.8 Å². The van der Waals surface area contributed by atoms with Gasteiger partial charge >= 0.3 is 0 Å². The van der Waals surface area contributed by atoms with Crippen LogP contribution in [0.25, 0.3) is 264 Å². The zero-order valence-electron chi connectivity index (χ0n) is 76.0. The lowest BCUT2D eigenvalue weighted by atomic mass is 9.81. The maximum atomic E-state index is 14.2. The Hall–Kier alpha value is -16.9. The van der Waals surface area contributed by atoms with Gasteiger partial charge in [0.1, 0.15) is 23.1 Å². The zero-order chi connectivity index (χ0) is 91.2. The summed E-state index contributed by atoms with van der Waals surface area (Å²) in [5, 5.41) is 22.3. The van der Waals surface area contributed by atoms with E-state index in [1.165, 1.54) is 255 Å². The predicted octanol–water partition coefficient (Wildman–Crippen LogP) is 36.9. The van der Waals surface area contributed by atoms with Gasteiger partial charge in [0.25, 0.3) is 0 Å². The number of aryl methyl sites for hydroxylation is 4. The third-order valence-corrected chi connectivity index (χ3v) is 28.6. The molecule has 0 N–H and O–H groups in total. The number of ether oxygens (including phenoxy) is 2. The Kier molecular flexibility index (Phi) is 19.4. The topological polar surface area (TPSA) is 18.5 Å². The molecule has 0 aliphatic heterocycles. The molecular weight excluding hydrogens is 1660 g/mol. The van der Waals surface area contributed by atoms with Gasteiger partial charge in [-0.3, -0.25) is 0 Å². The van der Waals surface area contributed by atoms with Crippen molar-refractivity contribution in [2.45, 2.75) is 27.7 Å². The summed E-state index contributed by atoms with van der Waals surface area (Å²) in [6.45, 7) is 8.87. The lowest BCUT2D eigenvalue weighted by Crippen LogP contribution is -1.95. The van der Waals surface area contributed by atoms with Gasteiger partial charge in [0.15, 0.2) is 0 Å². The van der Waals surface area contributed by atoms with E-state index in [1.54, 1.807) is 14.2 Å². The van der Waals surface area contributed by atoms with Crippen LogP contribution in [0.3, 0.4) is 0 Å². The van der Waals surface area contributed by atoms with Crippen molar-refractivity contribution in [2.24, 2.45) is 0 Å². The smallest absolute Gasteiger partial charge is 0.123 e. The van der Waals surface area contributed by atoms with Gasteiger partial charge in [0, 0.05) is 0 Å². The molecule has 0 amide bonds. The molecule has 0 saturated carbocycles. The summed E-state index contributed by atoms with van der Waals surface area (Å²) in [4.78, 5) is 0. The number of benzene rings is 24. The molecule has 24 aromatic rings. The number of halogens is 2. The van der Waals surface area contributed by atoms with Crippen LogP contribution >= 0.6 is 0 Å². The third kappa shape index (κ3) is 13.2. The first-order valence-electron chi connectivity index (χ1n) is 46.7. The van der Waals surface area contributed by atoms with Gasteiger partial charge in [-0.2, -0.15) is 0 Å². The molecule has 4 heteroatoms. The molecule has 0 fully saturated rings. The molecule has 24 aromatic carbocycles. The van der Waals surface area contributed by atoms with Crippen LogP contribution in [-0.2, 0) is 0 Å². The number of fused-ring (bicyclic) bond motifs is 15. The fraction of sp³-hybridized carbons (Fsp3) is 0.0455. The number of hydrogen-bond acceptors (Lipinski definition) is 2. The maximum absolute atomic E-state index is 14.2. The van der Waals surface area contributed by atoms with Crippen LogP contribution in [0.4, 0.5) is 8.78 Å². The van der Waals surface area contributed by atoms with Gasteiger partial charge in [-0.1, -0.05) is 380 Å². The molecule has 27 rings (SSSR count). The Labute approximate surface area is 788 Å². The van der Waals surface area contributed by atoms with E-state index in [2.05, 4.69) is 404 Å². The molecular formula is C132H88F2O2. The summed E-state index contributed by atoms with van der Waals surface area (Å²) in [6.07, 6.45) is 0. The van der Waals surface area contributed by atoms with Crippen LogP contribution in [-0.4, -0.2) is 14.2 Å². The zero-order valence-corrected chi connectivity index (χ0v) is 76.0. The maximum Gasteiger partial charge on any atom is 0.123 e. The highest BCUT2D eigenvalue weighted by atomic mass is 19.1. The Morgan fingerprint density at radius 1 is 0.154 bits per heavy atom. The van der Waals surface area contributed by atoms with Gasteiger partial charge < -0.3 is 9.47 Å². The summed E-state index contributed by atoms with van der Waals surface area (Å²) in [5.74, 6) is 1.18. The first kappa shape index (κ1) is 81.1. The molecule has 3 aliphatic rings. The standard InChI is InChI=1S/C46H34.C44H30O2.C42H24F2/c1-27-20-28(2)23-34(22-27)42-38-12-7-8-13-39(38)43(35-24-29(3)21-30(4)25-35)46-41-19-18-36(37-14-9-15-40(44(37)41)45(42)46)33-17-16-31-10-5-6-11-32(31)26-33;1-45-32-20-16-28(17-21-32)40-36-10-5-6-11-37(36)41(29-18-22-33(46-2)23-19-29)44-39-25-24-34(35-12-7-13-38(42(35)39)43(40)44)31-15-14-27-8-3-4-9-30(27)26-31;43-30-18-14-26(15-19-30)38-34-8-3-4-9-35(34)39(27-16-20-31(44)21-17-27)42-37-23-22-32(33-10-5-11-36(40(33)37)41(38)42)29-13-12-25-6-1-2-7-28(25)24-29/h5-26H,1-4H3;3-26H,1-2H3;1-24H. The van der Waals surface area contributed by atoms with Crippen molar-refractivity contribution in [1.82, 2.24) is 0 Å². The highest BCUT2D eigenvalue weighted by Gasteiger charge is 2.36. The van der Waals surface area contributed by atoms with Gasteiger partial charge in [-0.15, -0.1) is 0 Å². The number of methoxy groups -OCH3 is 2. The van der Waals surface area contributed by atoms with Gasteiger partial charge in [-0.05, 0) is 358 Å². The van der Waals surface area contributed by atoms with Crippen molar-refractivity contribution in [3.8, 4) is 178 Å². The molecule has 0 atom stereocenters. The molecule has 0 saturated heterocycles. The molecule has 136 heavy (non-hydrogen) atoms. The normalized spacial score (nSPS) is 11.8. The average molecular weight is 1740 g/mol. The fourth-order valence-electron chi connectivity index (χ4n) is 23.0. The summed E-state index contributed by atoms with van der Waals surface area (Å²) in [7, 11) is 3.44. The Morgan fingerprint density at radius 2 is 0.368 bits per heavy atom. The molecule has 0 radical (unpaired) electrons. The van der Waals surface area contributed by atoms with E-state index in [-0.39, 0.29) is 11.6 Å². The van der Waals surface area contributed by atoms with Crippen LogP contribution in [0, 0.1) is 39.3 Å². The molecule has 642 valence electrons. The van der Waals surface area contributed by atoms with Crippen molar-refractivity contribution in [3.63, 3.8) is 0 Å². The fourth-order valence-corrected chi connectivity index (χ4v) is 23.0. The van der Waals surface area contributed by atoms with Crippen LogP contribution in [0.2, 0.25) is 0 Å². The molecule has 3 aliphatic carbocycles. The van der Waals surface area contributed by atoms with E-state index in [4.69, 9.17) is 9.47 Å². The average Bonchev–Trinajstić information content (AvgIpc) is 1.54. The first-order chi connectivity index (χ1) is 66.8. The highest BCUT2D eigenvalue weighted by Crippen LogP contribution is 2.63. The van der Waals surface area contributed by atoms with Crippen molar-refractivity contribution in [1.29, 1.82) is 0 Å². The van der Waals surface area contributed by atoms with Crippen LogP contribution in [0.15, 0.2) is 425 Å². The summed E-state index contributed by atoms with van der Waals surface area (Å²) in [5.41, 5.74) is 41.8. The van der Waals surface area contributed by atoms with Gasteiger partial charge in [-0.25, -0.2) is 8.78 Å². The van der Waals surface area contributed by atoms with Gasteiger partial charge in [0.2, 0.25) is 0 Å². The summed E-state index contributed by atoms with van der Waals surface area (Å²) < 4.78 is 39.5. The monoisotopic (exact) mass is 1740 g/mol. The SMILES string of the molecule is COc1ccc(-c2c3c(c(-c4ccc(OC)cc4)c4ccccc24)-c2ccc(-c4ccc5ccccc5c4)c4cccc-3c24)cc1.Cc1cc(C)cc(-c2c3c(c(-c4cc(C)cc(C)c4)c4ccccc24)-c2ccc(-c4ccc5ccccc5c4)c4cccc-3c24)c1.Fc1ccc(-c2c3c(c(-c4ccc(F)cc4)c4ccccc24)-c2ccc(-c4ccc5ccccc5c4)c4cccc-3c24)cc1. The van der Waals surface area contributed by atoms with E-state index < -0.39 is 0 Å². The molecule has 0 aromatic heterocycles. The van der Waals surface area contributed by atoms with E-state index >= 15 is 0 Å². The lowest BCUT2D eigenvalue weighted by molar-refractivity contribution is 0.415. The Bertz CT molecular complexity index is 8810. The Balaban J connectivity index is 0.000000109. The summed E-state index contributed by atoms with van der Waals surface area (Å²) in [6, 6.07) is 151. The molecule has 0 unspecified atom stereocenters. The van der Waals surface area contributed by atoms with E-state index in [9.17, 15) is 8.78 Å². The molecule has 0 bridgehead atoms. The third-order valence-electron chi connectivity index (χ3n) is 28.6. The number of hydrogen-bond donors (Lipinski definition) is 0. The first-order valence-corrected chi connectivity index (χ1v) is 46.7.